The van der Waals surface area contributed by atoms with Crippen LogP contribution in [0.2, 0.25) is 0 Å². The molecule has 1 aliphatic heterocycles. The molecule has 2 aliphatic rings. The van der Waals surface area contributed by atoms with E-state index < -0.39 is 24.6 Å². The van der Waals surface area contributed by atoms with Gasteiger partial charge < -0.3 is 19.4 Å². The van der Waals surface area contributed by atoms with Crippen molar-refractivity contribution in [2.45, 2.75) is 45.1 Å². The van der Waals surface area contributed by atoms with Crippen molar-refractivity contribution in [1.29, 1.82) is 0 Å². The average Bonchev–Trinajstić information content (AvgIpc) is 2.98. The van der Waals surface area contributed by atoms with E-state index in [0.717, 1.165) is 47.7 Å². The Morgan fingerprint density at radius 1 is 1.44 bits per heavy atom. The SMILES string of the molecule is CC(Oc1ccc2c(c1)CCC/C2=N\OCC(=O)O)OC1(C)c2nccn21. The lowest BCUT2D eigenvalue weighted by Gasteiger charge is -2.22. The molecule has 2 aromatic rings. The first kappa shape index (κ1) is 17.5. The van der Waals surface area contributed by atoms with Crippen LogP contribution in [0.15, 0.2) is 35.7 Å². The summed E-state index contributed by atoms with van der Waals surface area (Å²) in [5.41, 5.74) is 2.34. The van der Waals surface area contributed by atoms with Crippen LogP contribution in [0, 0.1) is 0 Å². The summed E-state index contributed by atoms with van der Waals surface area (Å²) in [6.45, 7) is 3.38. The molecular weight excluding hydrogens is 350 g/mol. The largest absolute Gasteiger partial charge is 0.479 e. The highest BCUT2D eigenvalue weighted by molar-refractivity contribution is 6.02. The second-order valence-electron chi connectivity index (χ2n) is 6.78. The summed E-state index contributed by atoms with van der Waals surface area (Å²) in [6.07, 6.45) is 5.79. The van der Waals surface area contributed by atoms with E-state index >= 15 is 0 Å². The summed E-state index contributed by atoms with van der Waals surface area (Å²) in [4.78, 5) is 19.7. The van der Waals surface area contributed by atoms with Gasteiger partial charge in [0.2, 0.25) is 12.3 Å². The highest BCUT2D eigenvalue weighted by atomic mass is 16.7. The Hall–Kier alpha value is -2.87. The third-order valence-corrected chi connectivity index (χ3v) is 4.77. The van der Waals surface area contributed by atoms with Crippen LogP contribution in [0.1, 0.15) is 43.6 Å². The maximum atomic E-state index is 10.6. The molecule has 0 amide bonds. The minimum atomic E-state index is -1.04. The standard InChI is InChI=1S/C19H21N3O5/c1-12(27-19(2)18-20-8-9-22(18)19)26-14-6-7-15-13(10-14)4-3-5-16(15)21-25-11-17(23)24/h6-10,12H,3-5,11H2,1-2H3,(H,23,24)/b21-16+. The molecule has 0 saturated heterocycles. The van der Waals surface area contributed by atoms with Crippen LogP contribution >= 0.6 is 0 Å². The molecule has 27 heavy (non-hydrogen) atoms. The van der Waals surface area contributed by atoms with Crippen LogP contribution < -0.4 is 4.74 Å². The van der Waals surface area contributed by atoms with Gasteiger partial charge in [0, 0.05) is 18.0 Å². The second kappa shape index (κ2) is 6.70. The van der Waals surface area contributed by atoms with Gasteiger partial charge in [0.15, 0.2) is 12.1 Å². The molecule has 2 atom stereocenters. The number of hydrogen-bond donors (Lipinski definition) is 1. The number of imidazole rings is 1. The third kappa shape index (κ3) is 3.40. The molecule has 1 aromatic heterocycles. The predicted octanol–water partition coefficient (Wildman–Crippen LogP) is 2.50. The Morgan fingerprint density at radius 2 is 2.30 bits per heavy atom. The number of aromatic nitrogens is 2. The molecule has 2 heterocycles. The van der Waals surface area contributed by atoms with Crippen molar-refractivity contribution in [2.75, 3.05) is 6.61 Å². The van der Waals surface area contributed by atoms with Crippen LogP contribution in [-0.2, 0) is 26.5 Å². The molecule has 0 radical (unpaired) electrons. The number of carboxylic acids is 1. The number of carboxylic acid groups (broad SMARTS) is 1. The first-order chi connectivity index (χ1) is 13.0. The molecule has 0 spiro atoms. The minimum absolute atomic E-state index is 0.439. The number of ether oxygens (including phenoxy) is 2. The van der Waals surface area contributed by atoms with E-state index in [-0.39, 0.29) is 0 Å². The van der Waals surface area contributed by atoms with Crippen LogP contribution in [0.3, 0.4) is 0 Å². The topological polar surface area (TPSA) is 95.2 Å². The summed E-state index contributed by atoms with van der Waals surface area (Å²) in [7, 11) is 0. The summed E-state index contributed by atoms with van der Waals surface area (Å²) in [5, 5.41) is 12.6. The Balaban J connectivity index is 1.42. The smallest absolute Gasteiger partial charge is 0.344 e. The van der Waals surface area contributed by atoms with Gasteiger partial charge >= 0.3 is 5.97 Å². The molecule has 142 valence electrons. The van der Waals surface area contributed by atoms with Gasteiger partial charge in [-0.2, -0.15) is 0 Å². The molecule has 1 aliphatic carbocycles. The van der Waals surface area contributed by atoms with Crippen molar-refractivity contribution in [1.82, 2.24) is 9.55 Å². The molecule has 1 aromatic carbocycles. The fraction of sp³-hybridized carbons (Fsp3) is 0.421. The first-order valence-electron chi connectivity index (χ1n) is 8.90. The lowest BCUT2D eigenvalue weighted by molar-refractivity contribution is -0.142. The maximum absolute atomic E-state index is 10.6. The highest BCUT2D eigenvalue weighted by Crippen LogP contribution is 2.41. The van der Waals surface area contributed by atoms with Crippen molar-refractivity contribution in [3.8, 4) is 5.75 Å². The second-order valence-corrected chi connectivity index (χ2v) is 6.78. The zero-order valence-electron chi connectivity index (χ0n) is 15.2. The molecule has 1 N–H and O–H groups in total. The molecule has 0 fully saturated rings. The molecule has 0 bridgehead atoms. The predicted molar refractivity (Wildman–Crippen MR) is 95.7 cm³/mol. The fourth-order valence-corrected chi connectivity index (χ4v) is 3.51. The molecular formula is C19H21N3O5. The zero-order chi connectivity index (χ0) is 19.0. The Bertz CT molecular complexity index is 886. The van der Waals surface area contributed by atoms with Crippen molar-refractivity contribution >= 4 is 11.7 Å². The van der Waals surface area contributed by atoms with Gasteiger partial charge in [-0.25, -0.2) is 9.78 Å². The van der Waals surface area contributed by atoms with Gasteiger partial charge in [-0.3, -0.25) is 4.57 Å². The van der Waals surface area contributed by atoms with Gasteiger partial charge in [-0.1, -0.05) is 5.16 Å². The van der Waals surface area contributed by atoms with Crippen LogP contribution in [-0.4, -0.2) is 39.2 Å². The Kier molecular flexibility index (Phi) is 4.35. The first-order valence-corrected chi connectivity index (χ1v) is 8.90. The van der Waals surface area contributed by atoms with E-state index in [1.165, 1.54) is 0 Å². The summed E-state index contributed by atoms with van der Waals surface area (Å²) >= 11 is 0. The van der Waals surface area contributed by atoms with Gasteiger partial charge in [0.1, 0.15) is 5.75 Å². The lowest BCUT2D eigenvalue weighted by Crippen LogP contribution is -2.25. The summed E-state index contributed by atoms with van der Waals surface area (Å²) in [5.74, 6) is 0.570. The average molecular weight is 371 g/mol. The van der Waals surface area contributed by atoms with Crippen LogP contribution in [0.5, 0.6) is 5.75 Å². The molecule has 8 heteroatoms. The van der Waals surface area contributed by atoms with Gasteiger partial charge in [-0.05, 0) is 56.9 Å². The third-order valence-electron chi connectivity index (χ3n) is 4.77. The van der Waals surface area contributed by atoms with E-state index in [1.807, 2.05) is 42.8 Å². The quantitative estimate of drug-likeness (QED) is 0.593. The number of aryl methyl sites for hydroxylation is 1. The van der Waals surface area contributed by atoms with E-state index in [2.05, 4.69) is 10.1 Å². The highest BCUT2D eigenvalue weighted by Gasteiger charge is 2.50. The van der Waals surface area contributed by atoms with E-state index in [1.54, 1.807) is 6.20 Å². The lowest BCUT2D eigenvalue weighted by atomic mass is 9.90. The van der Waals surface area contributed by atoms with Crippen molar-refractivity contribution in [3.05, 3.63) is 47.5 Å². The van der Waals surface area contributed by atoms with E-state index in [0.29, 0.717) is 0 Å². The molecule has 2 unspecified atom stereocenters. The van der Waals surface area contributed by atoms with Gasteiger partial charge in [-0.15, -0.1) is 0 Å². The Labute approximate surface area is 156 Å². The number of oxime groups is 1. The summed E-state index contributed by atoms with van der Waals surface area (Å²) in [6, 6.07) is 5.78. The number of aliphatic carboxylic acids is 1. The summed E-state index contributed by atoms with van der Waals surface area (Å²) < 4.78 is 13.9. The van der Waals surface area contributed by atoms with Gasteiger partial charge in [0.05, 0.1) is 5.71 Å². The van der Waals surface area contributed by atoms with Crippen molar-refractivity contribution in [3.63, 3.8) is 0 Å². The monoisotopic (exact) mass is 371 g/mol. The number of fused-ring (bicyclic) bond motifs is 2. The van der Waals surface area contributed by atoms with E-state index in [4.69, 9.17) is 19.4 Å². The van der Waals surface area contributed by atoms with Crippen molar-refractivity contribution < 1.29 is 24.2 Å². The number of benzene rings is 1. The van der Waals surface area contributed by atoms with Crippen molar-refractivity contribution in [2.24, 2.45) is 5.16 Å². The number of carbonyl (C=O) groups is 1. The van der Waals surface area contributed by atoms with Crippen LogP contribution in [0.4, 0.5) is 0 Å². The maximum Gasteiger partial charge on any atom is 0.344 e. The zero-order valence-corrected chi connectivity index (χ0v) is 15.2. The normalized spacial score (nSPS) is 22.7. The number of nitrogens with zero attached hydrogens (tertiary/aromatic N) is 3. The van der Waals surface area contributed by atoms with Gasteiger partial charge in [0.25, 0.3) is 0 Å². The van der Waals surface area contributed by atoms with Crippen LogP contribution in [0.25, 0.3) is 0 Å². The minimum Gasteiger partial charge on any atom is -0.479 e. The fourth-order valence-electron chi connectivity index (χ4n) is 3.51. The molecule has 8 nitrogen and oxygen atoms in total. The Morgan fingerprint density at radius 3 is 3.04 bits per heavy atom. The van der Waals surface area contributed by atoms with E-state index in [9.17, 15) is 4.79 Å². The number of hydrogen-bond acceptors (Lipinski definition) is 6. The molecule has 0 saturated carbocycles. The number of rotatable bonds is 7. The molecule has 4 rings (SSSR count).